The monoisotopic (exact) mass is 239 g/mol. The van der Waals surface area contributed by atoms with E-state index < -0.39 is 0 Å². The SMILES string of the molecule is Cc1nc(Cl)c(N2CC(C)CC2C)nc1C. The van der Waals surface area contributed by atoms with Gasteiger partial charge in [-0.05, 0) is 33.1 Å². The molecule has 0 aromatic carbocycles. The van der Waals surface area contributed by atoms with Crippen LogP contribution in [0.1, 0.15) is 31.7 Å². The van der Waals surface area contributed by atoms with Gasteiger partial charge in [0.2, 0.25) is 0 Å². The van der Waals surface area contributed by atoms with Gasteiger partial charge in [-0.2, -0.15) is 0 Å². The molecule has 4 heteroatoms. The molecule has 2 atom stereocenters. The fourth-order valence-electron chi connectivity index (χ4n) is 2.34. The van der Waals surface area contributed by atoms with Crippen LogP contribution in [-0.4, -0.2) is 22.6 Å². The Hall–Kier alpha value is -0.830. The Morgan fingerprint density at radius 3 is 2.38 bits per heavy atom. The highest BCUT2D eigenvalue weighted by Crippen LogP contribution is 2.31. The van der Waals surface area contributed by atoms with Crippen molar-refractivity contribution in [3.05, 3.63) is 16.5 Å². The molecule has 0 spiro atoms. The summed E-state index contributed by atoms with van der Waals surface area (Å²) in [5.41, 5.74) is 1.87. The van der Waals surface area contributed by atoms with Crippen molar-refractivity contribution in [3.63, 3.8) is 0 Å². The molecule has 0 aliphatic carbocycles. The second-order valence-electron chi connectivity index (χ2n) is 4.85. The predicted octanol–water partition coefficient (Wildman–Crippen LogP) is 2.98. The van der Waals surface area contributed by atoms with Crippen molar-refractivity contribution >= 4 is 17.4 Å². The van der Waals surface area contributed by atoms with Crippen molar-refractivity contribution in [2.75, 3.05) is 11.4 Å². The topological polar surface area (TPSA) is 29.0 Å². The van der Waals surface area contributed by atoms with Gasteiger partial charge in [0.15, 0.2) is 11.0 Å². The van der Waals surface area contributed by atoms with Crippen LogP contribution < -0.4 is 4.90 Å². The van der Waals surface area contributed by atoms with Crippen molar-refractivity contribution < 1.29 is 0 Å². The minimum atomic E-state index is 0.504. The quantitative estimate of drug-likeness (QED) is 0.755. The third kappa shape index (κ3) is 2.01. The normalized spacial score (nSPS) is 25.2. The van der Waals surface area contributed by atoms with E-state index in [1.807, 2.05) is 13.8 Å². The molecule has 2 rings (SSSR count). The highest BCUT2D eigenvalue weighted by molar-refractivity contribution is 6.31. The minimum Gasteiger partial charge on any atom is -0.351 e. The molecule has 1 aliphatic heterocycles. The van der Waals surface area contributed by atoms with Crippen LogP contribution >= 0.6 is 11.6 Å². The molecule has 1 aliphatic rings. The molecule has 2 unspecified atom stereocenters. The van der Waals surface area contributed by atoms with Crippen LogP contribution in [0.4, 0.5) is 5.82 Å². The third-order valence-corrected chi connectivity index (χ3v) is 3.56. The molecule has 1 aromatic heterocycles. The summed E-state index contributed by atoms with van der Waals surface area (Å²) in [5.74, 6) is 1.55. The summed E-state index contributed by atoms with van der Waals surface area (Å²) < 4.78 is 0. The summed E-state index contributed by atoms with van der Waals surface area (Å²) in [6.45, 7) is 9.42. The second kappa shape index (κ2) is 4.21. The van der Waals surface area contributed by atoms with Crippen LogP contribution in [0, 0.1) is 19.8 Å². The maximum atomic E-state index is 6.18. The molecule has 88 valence electrons. The number of nitrogens with zero attached hydrogens (tertiary/aromatic N) is 3. The lowest BCUT2D eigenvalue weighted by atomic mass is 10.1. The molecule has 0 radical (unpaired) electrons. The summed E-state index contributed by atoms with van der Waals surface area (Å²) in [6, 6.07) is 0.504. The van der Waals surface area contributed by atoms with Gasteiger partial charge >= 0.3 is 0 Å². The summed E-state index contributed by atoms with van der Waals surface area (Å²) in [5, 5.41) is 0.532. The number of hydrogen-bond acceptors (Lipinski definition) is 3. The standard InChI is InChI=1S/C12H18ClN3/c1-7-5-8(2)16(6-7)12-11(13)14-9(3)10(4)15-12/h7-8H,5-6H2,1-4H3. The smallest absolute Gasteiger partial charge is 0.171 e. The summed E-state index contributed by atoms with van der Waals surface area (Å²) in [6.07, 6.45) is 1.20. The molecule has 1 aromatic rings. The van der Waals surface area contributed by atoms with E-state index in [1.54, 1.807) is 0 Å². The molecule has 0 bridgehead atoms. The first kappa shape index (κ1) is 11.6. The molecule has 1 saturated heterocycles. The summed E-state index contributed by atoms with van der Waals surface area (Å²) in [7, 11) is 0. The van der Waals surface area contributed by atoms with E-state index in [9.17, 15) is 0 Å². The van der Waals surface area contributed by atoms with Gasteiger partial charge in [-0.25, -0.2) is 9.97 Å². The Morgan fingerprint density at radius 1 is 1.19 bits per heavy atom. The molecule has 0 saturated carbocycles. The lowest BCUT2D eigenvalue weighted by molar-refractivity contribution is 0.625. The highest BCUT2D eigenvalue weighted by atomic mass is 35.5. The van der Waals surface area contributed by atoms with Crippen molar-refractivity contribution in [1.82, 2.24) is 9.97 Å². The first-order valence-corrected chi connectivity index (χ1v) is 6.14. The zero-order chi connectivity index (χ0) is 11.9. The lowest BCUT2D eigenvalue weighted by Gasteiger charge is -2.23. The fraction of sp³-hybridized carbons (Fsp3) is 0.667. The second-order valence-corrected chi connectivity index (χ2v) is 5.21. The Bertz CT molecular complexity index is 405. The molecule has 1 fully saturated rings. The first-order chi connectivity index (χ1) is 7.49. The van der Waals surface area contributed by atoms with Gasteiger partial charge in [-0.1, -0.05) is 18.5 Å². The van der Waals surface area contributed by atoms with E-state index in [0.29, 0.717) is 17.1 Å². The van der Waals surface area contributed by atoms with Gasteiger partial charge in [-0.3, -0.25) is 0 Å². The van der Waals surface area contributed by atoms with Gasteiger partial charge < -0.3 is 4.90 Å². The highest BCUT2D eigenvalue weighted by Gasteiger charge is 2.29. The number of rotatable bonds is 1. The van der Waals surface area contributed by atoms with E-state index in [1.165, 1.54) is 6.42 Å². The van der Waals surface area contributed by atoms with Gasteiger partial charge in [-0.15, -0.1) is 0 Å². The number of halogens is 1. The molecular formula is C12H18ClN3. The average molecular weight is 240 g/mol. The molecule has 0 N–H and O–H groups in total. The number of aryl methyl sites for hydroxylation is 2. The molecule has 2 heterocycles. The zero-order valence-corrected chi connectivity index (χ0v) is 11.0. The van der Waals surface area contributed by atoms with E-state index >= 15 is 0 Å². The lowest BCUT2D eigenvalue weighted by Crippen LogP contribution is -2.28. The Labute approximate surface area is 102 Å². The zero-order valence-electron chi connectivity index (χ0n) is 10.3. The van der Waals surface area contributed by atoms with Gasteiger partial charge in [0.1, 0.15) is 0 Å². The number of anilines is 1. The molecule has 0 amide bonds. The van der Waals surface area contributed by atoms with Crippen molar-refractivity contribution in [1.29, 1.82) is 0 Å². The van der Waals surface area contributed by atoms with Crippen LogP contribution in [0.15, 0.2) is 0 Å². The van der Waals surface area contributed by atoms with E-state index in [0.717, 1.165) is 23.8 Å². The molecule has 16 heavy (non-hydrogen) atoms. The third-order valence-electron chi connectivity index (χ3n) is 3.30. The largest absolute Gasteiger partial charge is 0.351 e. The van der Waals surface area contributed by atoms with Crippen molar-refractivity contribution in [2.24, 2.45) is 5.92 Å². The molecular weight excluding hydrogens is 222 g/mol. The Morgan fingerprint density at radius 2 is 1.81 bits per heavy atom. The van der Waals surface area contributed by atoms with Gasteiger partial charge in [0.05, 0.1) is 11.4 Å². The molecule has 3 nitrogen and oxygen atoms in total. The van der Waals surface area contributed by atoms with Crippen LogP contribution in [0.2, 0.25) is 5.15 Å². The van der Waals surface area contributed by atoms with Crippen LogP contribution in [0.25, 0.3) is 0 Å². The van der Waals surface area contributed by atoms with Crippen molar-refractivity contribution in [2.45, 2.75) is 40.2 Å². The average Bonchev–Trinajstić information content (AvgIpc) is 2.51. The maximum absolute atomic E-state index is 6.18. The minimum absolute atomic E-state index is 0.504. The van der Waals surface area contributed by atoms with E-state index in [-0.39, 0.29) is 0 Å². The maximum Gasteiger partial charge on any atom is 0.171 e. The van der Waals surface area contributed by atoms with E-state index in [2.05, 4.69) is 28.7 Å². The van der Waals surface area contributed by atoms with Gasteiger partial charge in [0.25, 0.3) is 0 Å². The van der Waals surface area contributed by atoms with Crippen LogP contribution in [0.5, 0.6) is 0 Å². The number of aromatic nitrogens is 2. The summed E-state index contributed by atoms with van der Waals surface area (Å²) in [4.78, 5) is 11.2. The van der Waals surface area contributed by atoms with Crippen molar-refractivity contribution in [3.8, 4) is 0 Å². The number of hydrogen-bond donors (Lipinski definition) is 0. The fourth-order valence-corrected chi connectivity index (χ4v) is 2.62. The van der Waals surface area contributed by atoms with E-state index in [4.69, 9.17) is 11.6 Å². The van der Waals surface area contributed by atoms with Crippen LogP contribution in [0.3, 0.4) is 0 Å². The Kier molecular flexibility index (Phi) is 3.06. The van der Waals surface area contributed by atoms with Crippen LogP contribution in [-0.2, 0) is 0 Å². The van der Waals surface area contributed by atoms with Gasteiger partial charge in [0, 0.05) is 12.6 Å². The first-order valence-electron chi connectivity index (χ1n) is 5.76. The Balaban J connectivity index is 2.37. The predicted molar refractivity (Wildman–Crippen MR) is 67.1 cm³/mol. The summed E-state index contributed by atoms with van der Waals surface area (Å²) >= 11 is 6.18.